The molecule has 126 valence electrons. The van der Waals surface area contributed by atoms with Gasteiger partial charge in [-0.1, -0.05) is 22.4 Å². The number of fused-ring (bicyclic) bond motifs is 2. The smallest absolute Gasteiger partial charge is 0.241 e. The Labute approximate surface area is 145 Å². The number of sulfonamides is 1. The minimum atomic E-state index is -3.51. The van der Waals surface area contributed by atoms with E-state index in [-0.39, 0.29) is 18.5 Å². The summed E-state index contributed by atoms with van der Waals surface area (Å²) in [5, 5.41) is 3.04. The van der Waals surface area contributed by atoms with Crippen LogP contribution in [0.3, 0.4) is 0 Å². The highest BCUT2D eigenvalue weighted by molar-refractivity contribution is 9.10. The number of rotatable bonds is 5. The van der Waals surface area contributed by atoms with Crippen LogP contribution in [-0.2, 0) is 14.8 Å². The zero-order valence-electron chi connectivity index (χ0n) is 13.0. The lowest BCUT2D eigenvalue weighted by atomic mass is 9.95. The minimum Gasteiger partial charge on any atom is -0.352 e. The van der Waals surface area contributed by atoms with E-state index >= 15 is 0 Å². The van der Waals surface area contributed by atoms with Gasteiger partial charge in [-0.3, -0.25) is 9.10 Å². The van der Waals surface area contributed by atoms with Crippen LogP contribution in [-0.4, -0.2) is 33.2 Å². The number of hydrogen-bond acceptors (Lipinski definition) is 3. The Bertz CT molecular complexity index is 690. The Hall–Kier alpha value is -1.08. The molecule has 3 rings (SSSR count). The molecule has 3 atom stereocenters. The van der Waals surface area contributed by atoms with Crippen molar-refractivity contribution in [3.8, 4) is 0 Å². The molecule has 0 unspecified atom stereocenters. The van der Waals surface area contributed by atoms with E-state index < -0.39 is 10.0 Å². The average Bonchev–Trinajstić information content (AvgIpc) is 3.07. The summed E-state index contributed by atoms with van der Waals surface area (Å²) in [6, 6.07) is 7.13. The summed E-state index contributed by atoms with van der Waals surface area (Å²) in [6.45, 7) is -0.172. The predicted molar refractivity (Wildman–Crippen MR) is 93.7 cm³/mol. The maximum absolute atomic E-state index is 12.3. The van der Waals surface area contributed by atoms with Gasteiger partial charge in [0.15, 0.2) is 0 Å². The number of carbonyl (C=O) groups excluding carboxylic acids is 1. The number of benzene rings is 1. The molecule has 0 aromatic heterocycles. The molecule has 0 heterocycles. The first-order valence-electron chi connectivity index (χ1n) is 7.85. The number of carbonyl (C=O) groups is 1. The molecule has 2 aliphatic rings. The van der Waals surface area contributed by atoms with Gasteiger partial charge in [0.2, 0.25) is 15.9 Å². The molecule has 2 bridgehead atoms. The Balaban J connectivity index is 1.69. The van der Waals surface area contributed by atoms with Crippen LogP contribution >= 0.6 is 15.9 Å². The maximum atomic E-state index is 12.3. The van der Waals surface area contributed by atoms with Crippen molar-refractivity contribution < 1.29 is 13.2 Å². The SMILES string of the molecule is CS(=O)(=O)N(CC(=O)N[C@@H]1C[C@H]2CC[C@@H]1C2)c1ccc(Br)cc1. The van der Waals surface area contributed by atoms with E-state index in [2.05, 4.69) is 21.2 Å². The molecule has 1 aromatic rings. The summed E-state index contributed by atoms with van der Waals surface area (Å²) in [5.41, 5.74) is 0.499. The van der Waals surface area contributed by atoms with E-state index in [0.717, 1.165) is 27.4 Å². The van der Waals surface area contributed by atoms with Crippen molar-refractivity contribution in [3.05, 3.63) is 28.7 Å². The fourth-order valence-corrected chi connectivity index (χ4v) is 4.93. The van der Waals surface area contributed by atoms with E-state index in [0.29, 0.717) is 11.6 Å². The molecular formula is C16H21BrN2O3S. The van der Waals surface area contributed by atoms with Crippen molar-refractivity contribution in [1.82, 2.24) is 5.32 Å². The lowest BCUT2D eigenvalue weighted by Crippen LogP contribution is -2.45. The van der Waals surface area contributed by atoms with Crippen LogP contribution in [0.1, 0.15) is 25.7 Å². The molecule has 0 aliphatic heterocycles. The molecule has 0 saturated heterocycles. The Morgan fingerprint density at radius 3 is 2.48 bits per heavy atom. The molecule has 5 nitrogen and oxygen atoms in total. The zero-order chi connectivity index (χ0) is 16.6. The van der Waals surface area contributed by atoms with Gasteiger partial charge in [0, 0.05) is 10.5 Å². The van der Waals surface area contributed by atoms with Gasteiger partial charge in [0.05, 0.1) is 11.9 Å². The second kappa shape index (κ2) is 6.43. The van der Waals surface area contributed by atoms with Crippen LogP contribution in [0, 0.1) is 11.8 Å². The largest absolute Gasteiger partial charge is 0.352 e. The molecular weight excluding hydrogens is 380 g/mol. The molecule has 1 amide bonds. The number of nitrogens with zero attached hydrogens (tertiary/aromatic N) is 1. The summed E-state index contributed by atoms with van der Waals surface area (Å²) < 4.78 is 26.1. The summed E-state index contributed by atoms with van der Waals surface area (Å²) in [7, 11) is -3.51. The van der Waals surface area contributed by atoms with E-state index in [1.165, 1.54) is 19.3 Å². The van der Waals surface area contributed by atoms with Crippen molar-refractivity contribution in [2.75, 3.05) is 17.1 Å². The monoisotopic (exact) mass is 400 g/mol. The van der Waals surface area contributed by atoms with E-state index in [1.807, 2.05) is 0 Å². The van der Waals surface area contributed by atoms with Gasteiger partial charge in [0.25, 0.3) is 0 Å². The van der Waals surface area contributed by atoms with Gasteiger partial charge in [-0.2, -0.15) is 0 Å². The Morgan fingerprint density at radius 1 is 1.26 bits per heavy atom. The highest BCUT2D eigenvalue weighted by Crippen LogP contribution is 2.44. The van der Waals surface area contributed by atoms with Gasteiger partial charge >= 0.3 is 0 Å². The maximum Gasteiger partial charge on any atom is 0.241 e. The fourth-order valence-electron chi connectivity index (χ4n) is 3.81. The van der Waals surface area contributed by atoms with Gasteiger partial charge in [-0.15, -0.1) is 0 Å². The third-order valence-electron chi connectivity index (χ3n) is 4.89. The normalized spacial score (nSPS) is 26.3. The summed E-state index contributed by atoms with van der Waals surface area (Å²) in [5.74, 6) is 1.09. The first kappa shape index (κ1) is 16.8. The predicted octanol–water partition coefficient (Wildman–Crippen LogP) is 2.52. The number of halogens is 1. The zero-order valence-corrected chi connectivity index (χ0v) is 15.4. The quantitative estimate of drug-likeness (QED) is 0.825. The van der Waals surface area contributed by atoms with Gasteiger partial charge in [-0.05, 0) is 55.4 Å². The van der Waals surface area contributed by atoms with E-state index in [9.17, 15) is 13.2 Å². The van der Waals surface area contributed by atoms with Gasteiger partial charge in [-0.25, -0.2) is 8.42 Å². The van der Waals surface area contributed by atoms with Crippen molar-refractivity contribution >= 4 is 37.5 Å². The summed E-state index contributed by atoms with van der Waals surface area (Å²) in [4.78, 5) is 12.3. The molecule has 0 spiro atoms. The third kappa shape index (κ3) is 3.88. The van der Waals surface area contributed by atoms with Crippen LogP contribution < -0.4 is 9.62 Å². The lowest BCUT2D eigenvalue weighted by molar-refractivity contribution is -0.120. The molecule has 7 heteroatoms. The highest BCUT2D eigenvalue weighted by atomic mass is 79.9. The van der Waals surface area contributed by atoms with Gasteiger partial charge < -0.3 is 5.32 Å². The number of amides is 1. The molecule has 0 radical (unpaired) electrons. The number of hydrogen-bond donors (Lipinski definition) is 1. The van der Waals surface area contributed by atoms with E-state index in [1.54, 1.807) is 24.3 Å². The average molecular weight is 401 g/mol. The second-order valence-corrected chi connectivity index (χ2v) is 9.42. The molecule has 23 heavy (non-hydrogen) atoms. The summed E-state index contributed by atoms with van der Waals surface area (Å²) >= 11 is 3.33. The van der Waals surface area contributed by atoms with E-state index in [4.69, 9.17) is 0 Å². The van der Waals surface area contributed by atoms with Crippen LogP contribution in [0.5, 0.6) is 0 Å². The molecule has 1 N–H and O–H groups in total. The van der Waals surface area contributed by atoms with Crippen LogP contribution in [0.25, 0.3) is 0 Å². The Kier molecular flexibility index (Phi) is 4.69. The fraction of sp³-hybridized carbons (Fsp3) is 0.562. The molecule has 2 fully saturated rings. The third-order valence-corrected chi connectivity index (χ3v) is 6.56. The van der Waals surface area contributed by atoms with Crippen molar-refractivity contribution in [3.63, 3.8) is 0 Å². The van der Waals surface area contributed by atoms with Crippen LogP contribution in [0.4, 0.5) is 5.69 Å². The number of nitrogens with one attached hydrogen (secondary N) is 1. The molecule has 1 aromatic carbocycles. The minimum absolute atomic E-state index is 0.172. The van der Waals surface area contributed by atoms with Crippen LogP contribution in [0.2, 0.25) is 0 Å². The molecule has 2 aliphatic carbocycles. The topological polar surface area (TPSA) is 66.5 Å². The van der Waals surface area contributed by atoms with Crippen molar-refractivity contribution in [1.29, 1.82) is 0 Å². The summed E-state index contributed by atoms with van der Waals surface area (Å²) in [6.07, 6.45) is 5.81. The number of anilines is 1. The first-order chi connectivity index (χ1) is 10.8. The first-order valence-corrected chi connectivity index (χ1v) is 10.5. The lowest BCUT2D eigenvalue weighted by Gasteiger charge is -2.26. The Morgan fingerprint density at radius 2 is 1.96 bits per heavy atom. The van der Waals surface area contributed by atoms with Crippen LogP contribution in [0.15, 0.2) is 28.7 Å². The van der Waals surface area contributed by atoms with Crippen molar-refractivity contribution in [2.24, 2.45) is 11.8 Å². The second-order valence-electron chi connectivity index (χ2n) is 6.59. The standard InChI is InChI=1S/C16H21BrN2O3S/c1-23(21,22)19(14-6-4-13(17)5-7-14)10-16(20)18-15-9-11-2-3-12(15)8-11/h4-7,11-12,15H,2-3,8-10H2,1H3,(H,18,20)/t11-,12+,15+/m0/s1. The van der Waals surface area contributed by atoms with Crippen molar-refractivity contribution in [2.45, 2.75) is 31.7 Å². The molecule has 2 saturated carbocycles. The highest BCUT2D eigenvalue weighted by Gasteiger charge is 2.40. The van der Waals surface area contributed by atoms with Gasteiger partial charge in [0.1, 0.15) is 6.54 Å².